The molecule has 10 N–H and O–H groups in total. The Balaban J connectivity index is 5.02. The van der Waals surface area contributed by atoms with Crippen LogP contribution in [0, 0.1) is 0 Å². The quantitative estimate of drug-likeness (QED) is 0.131. The molecule has 0 aromatic heterocycles. The van der Waals surface area contributed by atoms with E-state index >= 15 is 0 Å². The monoisotopic (exact) mass is 405 g/mol. The van der Waals surface area contributed by atoms with Crippen molar-refractivity contribution in [2.75, 3.05) is 19.7 Å². The van der Waals surface area contributed by atoms with Gasteiger partial charge in [0.25, 0.3) is 0 Å². The van der Waals surface area contributed by atoms with Crippen LogP contribution in [0.25, 0.3) is 0 Å². The van der Waals surface area contributed by atoms with Crippen molar-refractivity contribution in [2.24, 2.45) is 11.5 Å². The van der Waals surface area contributed by atoms with E-state index in [0.717, 1.165) is 0 Å². The van der Waals surface area contributed by atoms with Gasteiger partial charge in [0.05, 0.1) is 19.1 Å². The first-order valence-corrected chi connectivity index (χ1v) is 8.50. The van der Waals surface area contributed by atoms with Gasteiger partial charge in [0.1, 0.15) is 18.6 Å². The van der Waals surface area contributed by atoms with Crippen LogP contribution in [-0.2, 0) is 24.0 Å². The van der Waals surface area contributed by atoms with E-state index in [0.29, 0.717) is 19.4 Å². The number of hydrogen-bond donors (Lipinski definition) is 8. The van der Waals surface area contributed by atoms with E-state index < -0.39 is 67.4 Å². The maximum Gasteiger partial charge on any atom is 0.322 e. The minimum absolute atomic E-state index is 0.128. The minimum Gasteiger partial charge on any atom is -0.481 e. The van der Waals surface area contributed by atoms with Crippen molar-refractivity contribution in [3.8, 4) is 0 Å². The molecule has 0 bridgehead atoms. The molecule has 3 unspecified atom stereocenters. The lowest BCUT2D eigenvalue weighted by molar-refractivity contribution is -0.140. The van der Waals surface area contributed by atoms with Crippen LogP contribution in [0.5, 0.6) is 0 Å². The smallest absolute Gasteiger partial charge is 0.322 e. The van der Waals surface area contributed by atoms with E-state index in [4.69, 9.17) is 21.7 Å². The van der Waals surface area contributed by atoms with Gasteiger partial charge in [-0.05, 0) is 25.8 Å². The van der Waals surface area contributed by atoms with Gasteiger partial charge < -0.3 is 42.7 Å². The predicted molar refractivity (Wildman–Crippen MR) is 94.7 cm³/mol. The predicted octanol–water partition coefficient (Wildman–Crippen LogP) is -3.92. The van der Waals surface area contributed by atoms with Gasteiger partial charge in [-0.15, -0.1) is 0 Å². The molecule has 160 valence electrons. The van der Waals surface area contributed by atoms with E-state index in [1.165, 1.54) is 0 Å². The zero-order valence-corrected chi connectivity index (χ0v) is 15.2. The Morgan fingerprint density at radius 1 is 0.857 bits per heavy atom. The summed E-state index contributed by atoms with van der Waals surface area (Å²) in [6, 6.07) is -3.97. The van der Waals surface area contributed by atoms with Gasteiger partial charge >= 0.3 is 11.9 Å². The molecule has 0 aliphatic rings. The molecule has 13 nitrogen and oxygen atoms in total. The summed E-state index contributed by atoms with van der Waals surface area (Å²) in [6.07, 6.45) is 0.477. The highest BCUT2D eigenvalue weighted by atomic mass is 16.4. The van der Waals surface area contributed by atoms with Crippen molar-refractivity contribution in [3.05, 3.63) is 0 Å². The Morgan fingerprint density at radius 2 is 1.46 bits per heavy atom. The number of nitrogens with two attached hydrogens (primary N) is 2. The van der Waals surface area contributed by atoms with Crippen LogP contribution in [0.1, 0.15) is 25.7 Å². The molecule has 0 radical (unpaired) electrons. The van der Waals surface area contributed by atoms with Gasteiger partial charge in [0, 0.05) is 0 Å². The normalized spacial score (nSPS) is 13.7. The molecule has 0 heterocycles. The van der Waals surface area contributed by atoms with E-state index in [1.54, 1.807) is 0 Å². The number of hydrogen-bond acceptors (Lipinski definition) is 8. The van der Waals surface area contributed by atoms with Crippen molar-refractivity contribution in [1.82, 2.24) is 16.0 Å². The third-order valence-corrected chi connectivity index (χ3v) is 3.54. The van der Waals surface area contributed by atoms with Crippen LogP contribution in [0.2, 0.25) is 0 Å². The molecule has 0 spiro atoms. The second-order valence-electron chi connectivity index (χ2n) is 5.91. The average molecular weight is 405 g/mol. The van der Waals surface area contributed by atoms with Crippen molar-refractivity contribution in [2.45, 2.75) is 43.8 Å². The summed E-state index contributed by atoms with van der Waals surface area (Å²) in [5, 5.41) is 33.0. The van der Waals surface area contributed by atoms with Gasteiger partial charge in [-0.25, -0.2) is 0 Å². The number of rotatable bonds is 14. The number of unbranched alkanes of at least 4 members (excludes halogenated alkanes) is 1. The van der Waals surface area contributed by atoms with Crippen LogP contribution in [0.4, 0.5) is 0 Å². The SMILES string of the molecule is NCCCCC(NC(=O)C(N)CC(=O)O)C(=O)NC(CO)C(=O)NCC(=O)O. The minimum atomic E-state index is -1.44. The van der Waals surface area contributed by atoms with Crippen molar-refractivity contribution >= 4 is 29.7 Å². The molecule has 0 rings (SSSR count). The Morgan fingerprint density at radius 3 is 1.96 bits per heavy atom. The molecule has 0 aliphatic carbocycles. The Bertz CT molecular complexity index is 571. The fourth-order valence-corrected chi connectivity index (χ4v) is 2.07. The molecule has 28 heavy (non-hydrogen) atoms. The summed E-state index contributed by atoms with van der Waals surface area (Å²) in [6.45, 7) is -1.16. The second kappa shape index (κ2) is 13.4. The highest BCUT2D eigenvalue weighted by molar-refractivity contribution is 5.94. The van der Waals surface area contributed by atoms with Crippen LogP contribution in [0.3, 0.4) is 0 Å². The standard InChI is InChI=1S/C15H27N5O8/c16-4-2-1-3-9(19-13(26)8(17)5-11(22)23)15(28)20-10(7-21)14(27)18-6-12(24)25/h8-10,21H,1-7,16-17H2,(H,18,27)(H,19,26)(H,20,28)(H,22,23)(H,24,25). The third-order valence-electron chi connectivity index (χ3n) is 3.54. The van der Waals surface area contributed by atoms with Crippen molar-refractivity contribution < 1.29 is 39.3 Å². The number of carboxylic acids is 2. The first kappa shape index (κ1) is 25.2. The number of nitrogens with one attached hydrogen (secondary N) is 3. The molecule has 0 fully saturated rings. The number of aliphatic carboxylic acids is 2. The maximum atomic E-state index is 12.4. The lowest BCUT2D eigenvalue weighted by atomic mass is 10.1. The molecule has 0 aromatic carbocycles. The largest absolute Gasteiger partial charge is 0.481 e. The van der Waals surface area contributed by atoms with Gasteiger partial charge in [-0.1, -0.05) is 0 Å². The van der Waals surface area contributed by atoms with Crippen LogP contribution in [-0.4, -0.2) is 82.8 Å². The maximum absolute atomic E-state index is 12.4. The fraction of sp³-hybridized carbons (Fsp3) is 0.667. The summed E-state index contributed by atoms with van der Waals surface area (Å²) in [5.41, 5.74) is 10.8. The van der Waals surface area contributed by atoms with Crippen LogP contribution in [0.15, 0.2) is 0 Å². The number of carbonyl (C=O) groups is 5. The number of carbonyl (C=O) groups excluding carboxylic acids is 3. The molecule has 0 saturated heterocycles. The first-order valence-electron chi connectivity index (χ1n) is 8.50. The van der Waals surface area contributed by atoms with E-state index in [9.17, 15) is 29.1 Å². The molecule has 3 amide bonds. The Kier molecular flexibility index (Phi) is 12.1. The molecule has 3 atom stereocenters. The second-order valence-corrected chi connectivity index (χ2v) is 5.91. The number of amides is 3. The average Bonchev–Trinajstić information content (AvgIpc) is 2.62. The Labute approximate surface area is 160 Å². The highest BCUT2D eigenvalue weighted by Crippen LogP contribution is 2.03. The summed E-state index contributed by atoms with van der Waals surface area (Å²) in [7, 11) is 0. The summed E-state index contributed by atoms with van der Waals surface area (Å²) in [5.74, 6) is -5.21. The molecule has 0 aromatic rings. The van der Waals surface area contributed by atoms with Gasteiger partial charge in [-0.2, -0.15) is 0 Å². The van der Waals surface area contributed by atoms with Crippen molar-refractivity contribution in [3.63, 3.8) is 0 Å². The molecular formula is C15H27N5O8. The molecular weight excluding hydrogens is 378 g/mol. The lowest BCUT2D eigenvalue weighted by Crippen LogP contribution is -2.57. The summed E-state index contributed by atoms with van der Waals surface area (Å²) >= 11 is 0. The molecule has 0 saturated carbocycles. The first-order chi connectivity index (χ1) is 13.1. The molecule has 13 heteroatoms. The zero-order valence-electron chi connectivity index (χ0n) is 15.2. The lowest BCUT2D eigenvalue weighted by Gasteiger charge is -2.23. The highest BCUT2D eigenvalue weighted by Gasteiger charge is 2.28. The number of aliphatic hydroxyl groups is 1. The number of carboxylic acid groups (broad SMARTS) is 2. The zero-order chi connectivity index (χ0) is 21.7. The van der Waals surface area contributed by atoms with E-state index in [2.05, 4.69) is 10.6 Å². The van der Waals surface area contributed by atoms with E-state index in [-0.39, 0.29) is 6.42 Å². The van der Waals surface area contributed by atoms with Crippen LogP contribution >= 0.6 is 0 Å². The third kappa shape index (κ3) is 10.4. The van der Waals surface area contributed by atoms with Gasteiger partial charge in [-0.3, -0.25) is 24.0 Å². The summed E-state index contributed by atoms with van der Waals surface area (Å²) < 4.78 is 0. The van der Waals surface area contributed by atoms with Crippen LogP contribution < -0.4 is 27.4 Å². The van der Waals surface area contributed by atoms with E-state index in [1.807, 2.05) is 5.32 Å². The number of aliphatic hydroxyl groups excluding tert-OH is 1. The van der Waals surface area contributed by atoms with Gasteiger partial charge in [0.15, 0.2) is 0 Å². The Hall–Kier alpha value is -2.77. The fourth-order valence-electron chi connectivity index (χ4n) is 2.07. The molecule has 0 aliphatic heterocycles. The van der Waals surface area contributed by atoms with Crippen molar-refractivity contribution in [1.29, 1.82) is 0 Å². The summed E-state index contributed by atoms with van der Waals surface area (Å²) in [4.78, 5) is 57.3. The van der Waals surface area contributed by atoms with Gasteiger partial charge in [0.2, 0.25) is 17.7 Å². The topological polar surface area (TPSA) is 234 Å².